The summed E-state index contributed by atoms with van der Waals surface area (Å²) in [6.07, 6.45) is 4.74. The predicted octanol–water partition coefficient (Wildman–Crippen LogP) is 3.93. The third-order valence-corrected chi connectivity index (χ3v) is 6.38. The van der Waals surface area contributed by atoms with E-state index >= 15 is 0 Å². The standard InChI is InChI=1S/C18H22N4O3S2/c1-5-8-22-9-7-19-18(22)26-11(4)14-20-15(23)12-10(3)13(17(24)25-6-2)27-16(12)21-14/h7,9,11H,5-6,8H2,1-4H3,(H,20,21,23). The summed E-state index contributed by atoms with van der Waals surface area (Å²) in [6, 6.07) is 0. The van der Waals surface area contributed by atoms with Crippen LogP contribution in [0.3, 0.4) is 0 Å². The highest BCUT2D eigenvalue weighted by Gasteiger charge is 2.22. The van der Waals surface area contributed by atoms with Gasteiger partial charge in [-0.15, -0.1) is 11.3 Å². The van der Waals surface area contributed by atoms with Crippen molar-refractivity contribution < 1.29 is 9.53 Å². The molecule has 0 aromatic carbocycles. The van der Waals surface area contributed by atoms with Gasteiger partial charge in [-0.3, -0.25) is 4.79 Å². The number of rotatable bonds is 7. The van der Waals surface area contributed by atoms with E-state index in [1.165, 1.54) is 11.3 Å². The van der Waals surface area contributed by atoms with Gasteiger partial charge in [-0.25, -0.2) is 14.8 Å². The summed E-state index contributed by atoms with van der Waals surface area (Å²) in [4.78, 5) is 37.6. The van der Waals surface area contributed by atoms with Crippen molar-refractivity contribution in [3.63, 3.8) is 0 Å². The number of ether oxygens (including phenoxy) is 1. The van der Waals surface area contributed by atoms with Crippen LogP contribution >= 0.6 is 23.1 Å². The maximum Gasteiger partial charge on any atom is 0.348 e. The molecular weight excluding hydrogens is 384 g/mol. The van der Waals surface area contributed by atoms with E-state index in [-0.39, 0.29) is 10.8 Å². The number of imidazole rings is 1. The Morgan fingerprint density at radius 1 is 1.44 bits per heavy atom. The average Bonchev–Trinajstić information content (AvgIpc) is 3.20. The fraction of sp³-hybridized carbons (Fsp3) is 0.444. The molecule has 3 heterocycles. The lowest BCUT2D eigenvalue weighted by atomic mass is 10.2. The molecule has 144 valence electrons. The smallest absolute Gasteiger partial charge is 0.348 e. The summed E-state index contributed by atoms with van der Waals surface area (Å²) >= 11 is 2.75. The molecule has 0 aliphatic carbocycles. The monoisotopic (exact) mass is 406 g/mol. The summed E-state index contributed by atoms with van der Waals surface area (Å²) in [5, 5.41) is 1.26. The van der Waals surface area contributed by atoms with Crippen molar-refractivity contribution in [1.82, 2.24) is 19.5 Å². The number of carbonyl (C=O) groups is 1. The van der Waals surface area contributed by atoms with Gasteiger partial charge < -0.3 is 14.3 Å². The zero-order valence-corrected chi connectivity index (χ0v) is 17.4. The topological polar surface area (TPSA) is 89.9 Å². The Bertz CT molecular complexity index is 1020. The minimum atomic E-state index is -0.414. The van der Waals surface area contributed by atoms with Crippen molar-refractivity contribution in [1.29, 1.82) is 0 Å². The Morgan fingerprint density at radius 2 is 2.22 bits per heavy atom. The lowest BCUT2D eigenvalue weighted by molar-refractivity contribution is 0.0531. The van der Waals surface area contributed by atoms with Gasteiger partial charge in [-0.1, -0.05) is 18.7 Å². The number of thiophene rings is 1. The molecule has 3 aromatic rings. The zero-order valence-electron chi connectivity index (χ0n) is 15.7. The van der Waals surface area contributed by atoms with Crippen molar-refractivity contribution in [2.75, 3.05) is 6.61 Å². The summed E-state index contributed by atoms with van der Waals surface area (Å²) < 4.78 is 7.17. The van der Waals surface area contributed by atoms with Gasteiger partial charge in [0.05, 0.1) is 17.2 Å². The van der Waals surface area contributed by atoms with Crippen molar-refractivity contribution in [2.45, 2.75) is 51.1 Å². The number of fused-ring (bicyclic) bond motifs is 1. The first kappa shape index (κ1) is 19.6. The van der Waals surface area contributed by atoms with Crippen molar-refractivity contribution in [3.8, 4) is 0 Å². The second-order valence-corrected chi connectivity index (χ2v) is 8.38. The van der Waals surface area contributed by atoms with Gasteiger partial charge in [0, 0.05) is 18.9 Å². The SMILES string of the molecule is CCCn1ccnc1SC(C)c1nc2sc(C(=O)OCC)c(C)c2c(=O)[nH]1. The Balaban J connectivity index is 1.94. The lowest BCUT2D eigenvalue weighted by Crippen LogP contribution is -2.13. The van der Waals surface area contributed by atoms with Gasteiger partial charge >= 0.3 is 5.97 Å². The fourth-order valence-corrected chi connectivity index (χ4v) is 4.81. The molecule has 0 saturated heterocycles. The van der Waals surface area contributed by atoms with Crippen LogP contribution in [0, 0.1) is 6.92 Å². The van der Waals surface area contributed by atoms with Gasteiger partial charge in [0.2, 0.25) is 0 Å². The van der Waals surface area contributed by atoms with Crippen LogP contribution < -0.4 is 5.56 Å². The molecule has 0 aliphatic rings. The van der Waals surface area contributed by atoms with E-state index in [4.69, 9.17) is 4.74 Å². The number of nitrogens with one attached hydrogen (secondary N) is 1. The number of nitrogens with zero attached hydrogens (tertiary/aromatic N) is 3. The van der Waals surface area contributed by atoms with Crippen molar-refractivity contribution in [3.05, 3.63) is 39.0 Å². The third-order valence-electron chi connectivity index (χ3n) is 4.09. The summed E-state index contributed by atoms with van der Waals surface area (Å²) in [6.45, 7) is 8.79. The average molecular weight is 407 g/mol. The molecule has 7 nitrogen and oxygen atoms in total. The predicted molar refractivity (Wildman–Crippen MR) is 108 cm³/mol. The van der Waals surface area contributed by atoms with E-state index in [1.54, 1.807) is 31.8 Å². The largest absolute Gasteiger partial charge is 0.462 e. The van der Waals surface area contributed by atoms with Crippen LogP contribution in [-0.2, 0) is 11.3 Å². The fourth-order valence-electron chi connectivity index (χ4n) is 2.78. The van der Waals surface area contributed by atoms with Crippen LogP contribution in [0.4, 0.5) is 0 Å². The first-order valence-corrected chi connectivity index (χ1v) is 10.5. The highest BCUT2D eigenvalue weighted by Crippen LogP contribution is 2.34. The van der Waals surface area contributed by atoms with E-state index < -0.39 is 5.97 Å². The number of hydrogen-bond acceptors (Lipinski definition) is 7. The highest BCUT2D eigenvalue weighted by atomic mass is 32.2. The molecule has 0 bridgehead atoms. The maximum atomic E-state index is 12.6. The number of thioether (sulfide) groups is 1. The van der Waals surface area contributed by atoms with Gasteiger partial charge in [0.15, 0.2) is 5.16 Å². The first-order valence-electron chi connectivity index (χ1n) is 8.84. The van der Waals surface area contributed by atoms with E-state index in [9.17, 15) is 9.59 Å². The van der Waals surface area contributed by atoms with Gasteiger partial charge in [0.1, 0.15) is 15.5 Å². The van der Waals surface area contributed by atoms with Crippen LogP contribution in [-0.4, -0.2) is 32.1 Å². The Labute approximate surface area is 165 Å². The minimum Gasteiger partial charge on any atom is -0.462 e. The van der Waals surface area contributed by atoms with Crippen molar-refractivity contribution >= 4 is 39.3 Å². The van der Waals surface area contributed by atoms with E-state index in [1.807, 2.05) is 13.1 Å². The molecule has 1 atom stereocenters. The Kier molecular flexibility index (Phi) is 6.01. The van der Waals surface area contributed by atoms with Gasteiger partial charge in [0.25, 0.3) is 5.56 Å². The molecular formula is C18H22N4O3S2. The van der Waals surface area contributed by atoms with Crippen LogP contribution in [0.2, 0.25) is 0 Å². The number of hydrogen-bond donors (Lipinski definition) is 1. The number of carbonyl (C=O) groups excluding carboxylic acids is 1. The third kappa shape index (κ3) is 3.93. The molecule has 1 unspecified atom stereocenters. The number of H-pyrrole nitrogens is 1. The lowest BCUT2D eigenvalue weighted by Gasteiger charge is -2.11. The quantitative estimate of drug-likeness (QED) is 0.472. The number of aromatic amines is 1. The molecule has 0 spiro atoms. The molecule has 0 saturated carbocycles. The van der Waals surface area contributed by atoms with Crippen LogP contribution in [0.15, 0.2) is 22.3 Å². The normalized spacial score (nSPS) is 12.4. The number of esters is 1. The molecule has 0 fully saturated rings. The van der Waals surface area contributed by atoms with Gasteiger partial charge in [-0.2, -0.15) is 0 Å². The summed E-state index contributed by atoms with van der Waals surface area (Å²) in [7, 11) is 0. The Morgan fingerprint density at radius 3 is 2.93 bits per heavy atom. The molecule has 0 radical (unpaired) electrons. The van der Waals surface area contributed by atoms with Gasteiger partial charge in [-0.05, 0) is 32.8 Å². The maximum absolute atomic E-state index is 12.6. The van der Waals surface area contributed by atoms with E-state index in [0.717, 1.165) is 18.1 Å². The van der Waals surface area contributed by atoms with Crippen LogP contribution in [0.25, 0.3) is 10.2 Å². The molecule has 3 aromatic heterocycles. The summed E-state index contributed by atoms with van der Waals surface area (Å²) in [5.74, 6) is 0.156. The first-order chi connectivity index (χ1) is 13.0. The van der Waals surface area contributed by atoms with Crippen LogP contribution in [0.1, 0.15) is 53.5 Å². The minimum absolute atomic E-state index is 0.0893. The van der Waals surface area contributed by atoms with Crippen LogP contribution in [0.5, 0.6) is 0 Å². The second kappa shape index (κ2) is 8.26. The molecule has 0 amide bonds. The molecule has 3 rings (SSSR count). The molecule has 1 N–H and O–H groups in total. The molecule has 0 aliphatic heterocycles. The highest BCUT2D eigenvalue weighted by molar-refractivity contribution is 7.99. The van der Waals surface area contributed by atoms with E-state index in [2.05, 4.69) is 26.4 Å². The summed E-state index contributed by atoms with van der Waals surface area (Å²) in [5.41, 5.74) is 0.385. The van der Waals surface area contributed by atoms with E-state index in [0.29, 0.717) is 33.1 Å². The Hall–Kier alpha value is -2.13. The molecule has 27 heavy (non-hydrogen) atoms. The van der Waals surface area contributed by atoms with Crippen molar-refractivity contribution in [2.24, 2.45) is 0 Å². The number of aromatic nitrogens is 4. The molecule has 9 heteroatoms. The number of aryl methyl sites for hydroxylation is 2. The zero-order chi connectivity index (χ0) is 19.6. The second-order valence-electron chi connectivity index (χ2n) is 6.07.